The second-order valence-electron chi connectivity index (χ2n) is 13.9. The molecule has 226 valence electrons. The Hall–Kier alpha value is -2.41. The smallest absolute Gasteiger partial charge is 0.113 e. The number of aryl methyl sites for hydroxylation is 1. The molecule has 43 heavy (non-hydrogen) atoms. The number of aromatic nitrogens is 1. The van der Waals surface area contributed by atoms with Crippen LogP contribution in [0.15, 0.2) is 30.3 Å². The first-order valence-corrected chi connectivity index (χ1v) is 17.4. The molecule has 1 unspecified atom stereocenters. The number of piperidine rings is 2. The van der Waals surface area contributed by atoms with Crippen molar-refractivity contribution in [3.63, 3.8) is 0 Å². The van der Waals surface area contributed by atoms with E-state index in [9.17, 15) is 5.26 Å². The van der Waals surface area contributed by atoms with Crippen LogP contribution in [0.5, 0.6) is 0 Å². The van der Waals surface area contributed by atoms with Crippen molar-refractivity contribution in [1.82, 2.24) is 20.1 Å². The van der Waals surface area contributed by atoms with Crippen LogP contribution in [0.4, 0.5) is 0 Å². The van der Waals surface area contributed by atoms with E-state index >= 15 is 0 Å². The number of likely N-dealkylation sites (tertiary alicyclic amines) is 1. The number of fused-ring (bicyclic) bond motifs is 1. The Morgan fingerprint density at radius 3 is 2.44 bits per heavy atom. The van der Waals surface area contributed by atoms with E-state index in [0.717, 1.165) is 36.5 Å². The normalized spacial score (nSPS) is 29.1. The lowest BCUT2D eigenvalue weighted by molar-refractivity contribution is 0.123. The standard InChI is InChI=1S/C37H46ClN5/c38-36-22-29(4-5-30(36)24-39)35-23-34(35)27-7-11-32(12-8-27)43-19-1-2-28-6-10-31(41-37(28)25-43)9-3-26-15-20-42(21-16-26)33-13-17-40-18-14-33/h4-6,10,22,26-27,32-35,40H,1-2,7-8,11-21,23,25H2/t27-,32-,34-,35?/m1/s1. The van der Waals surface area contributed by atoms with Gasteiger partial charge in [-0.25, -0.2) is 4.98 Å². The largest absolute Gasteiger partial charge is 0.317 e. The summed E-state index contributed by atoms with van der Waals surface area (Å²) in [7, 11) is 0. The molecule has 0 amide bonds. The van der Waals surface area contributed by atoms with E-state index in [2.05, 4.69) is 51.2 Å². The number of nitrogens with zero attached hydrogens (tertiary/aromatic N) is 4. The van der Waals surface area contributed by atoms with E-state index < -0.39 is 0 Å². The molecule has 1 aromatic carbocycles. The Balaban J connectivity index is 0.918. The van der Waals surface area contributed by atoms with Crippen LogP contribution in [0.3, 0.4) is 0 Å². The summed E-state index contributed by atoms with van der Waals surface area (Å²) in [5.41, 5.74) is 5.58. The molecule has 5 nitrogen and oxygen atoms in total. The maximum absolute atomic E-state index is 9.20. The highest BCUT2D eigenvalue weighted by atomic mass is 35.5. The van der Waals surface area contributed by atoms with Crippen LogP contribution in [0.2, 0.25) is 5.02 Å². The number of nitriles is 1. The third-order valence-electron chi connectivity index (χ3n) is 11.3. The molecule has 2 aliphatic carbocycles. The van der Waals surface area contributed by atoms with Crippen molar-refractivity contribution in [1.29, 1.82) is 5.26 Å². The van der Waals surface area contributed by atoms with Crippen molar-refractivity contribution in [2.24, 2.45) is 17.8 Å². The summed E-state index contributed by atoms with van der Waals surface area (Å²) in [6, 6.07) is 14.2. The summed E-state index contributed by atoms with van der Waals surface area (Å²) in [5.74, 6) is 9.85. The third kappa shape index (κ3) is 6.82. The van der Waals surface area contributed by atoms with Crippen LogP contribution in [0.25, 0.3) is 0 Å². The van der Waals surface area contributed by atoms with Gasteiger partial charge in [0.2, 0.25) is 0 Å². The number of nitrogens with one attached hydrogen (secondary N) is 1. The molecule has 3 aliphatic heterocycles. The van der Waals surface area contributed by atoms with E-state index in [1.54, 1.807) is 0 Å². The number of hydrogen-bond donors (Lipinski definition) is 1. The van der Waals surface area contributed by atoms with Crippen molar-refractivity contribution in [2.45, 2.75) is 95.2 Å². The van der Waals surface area contributed by atoms with E-state index in [4.69, 9.17) is 16.6 Å². The topological polar surface area (TPSA) is 55.2 Å². The van der Waals surface area contributed by atoms with Gasteiger partial charge in [-0.3, -0.25) is 4.90 Å². The molecule has 2 atom stereocenters. The minimum absolute atomic E-state index is 0.505. The van der Waals surface area contributed by atoms with Crippen molar-refractivity contribution in [3.05, 3.63) is 63.4 Å². The van der Waals surface area contributed by atoms with Gasteiger partial charge < -0.3 is 10.2 Å². The van der Waals surface area contributed by atoms with Crippen molar-refractivity contribution in [3.8, 4) is 17.9 Å². The lowest BCUT2D eigenvalue weighted by Gasteiger charge is -2.38. The van der Waals surface area contributed by atoms with Crippen LogP contribution in [-0.4, -0.2) is 59.6 Å². The summed E-state index contributed by atoms with van der Waals surface area (Å²) in [4.78, 5) is 10.6. The third-order valence-corrected chi connectivity index (χ3v) is 11.6. The molecule has 0 bridgehead atoms. The van der Waals surface area contributed by atoms with Gasteiger partial charge in [-0.1, -0.05) is 29.7 Å². The Labute approximate surface area is 263 Å². The van der Waals surface area contributed by atoms with Gasteiger partial charge in [-0.2, -0.15) is 5.26 Å². The molecule has 2 aromatic rings. The molecule has 1 N–H and O–H groups in total. The fraction of sp³-hybridized carbons (Fsp3) is 0.622. The van der Waals surface area contributed by atoms with E-state index in [-0.39, 0.29) is 0 Å². The summed E-state index contributed by atoms with van der Waals surface area (Å²) in [5, 5.41) is 13.3. The average Bonchev–Trinajstić information content (AvgIpc) is 3.88. The van der Waals surface area contributed by atoms with E-state index in [0.29, 0.717) is 28.5 Å². The predicted molar refractivity (Wildman–Crippen MR) is 173 cm³/mol. The molecule has 6 heteroatoms. The van der Waals surface area contributed by atoms with Gasteiger partial charge in [-0.15, -0.1) is 0 Å². The molecule has 7 rings (SSSR count). The highest BCUT2D eigenvalue weighted by Crippen LogP contribution is 2.55. The summed E-state index contributed by atoms with van der Waals surface area (Å²) >= 11 is 6.34. The van der Waals surface area contributed by atoms with Gasteiger partial charge in [0.15, 0.2) is 0 Å². The zero-order valence-electron chi connectivity index (χ0n) is 25.5. The maximum atomic E-state index is 9.20. The molecule has 1 aromatic heterocycles. The SMILES string of the molecule is N#Cc1ccc(C2C[C@@H]2[C@H]2CC[C@H](N3CCCc4ccc(C#CC5CCN(C6CCNCC6)CC5)nc4C3)CC2)cc1Cl. The summed E-state index contributed by atoms with van der Waals surface area (Å²) in [6.45, 7) is 6.90. The van der Waals surface area contributed by atoms with Gasteiger partial charge in [0.1, 0.15) is 11.8 Å². The summed E-state index contributed by atoms with van der Waals surface area (Å²) in [6.07, 6.45) is 13.9. The second kappa shape index (κ2) is 13.3. The molecule has 0 radical (unpaired) electrons. The van der Waals surface area contributed by atoms with Crippen molar-refractivity contribution >= 4 is 11.6 Å². The van der Waals surface area contributed by atoms with Gasteiger partial charge >= 0.3 is 0 Å². The Morgan fingerprint density at radius 1 is 0.884 bits per heavy atom. The first kappa shape index (κ1) is 29.3. The lowest BCUT2D eigenvalue weighted by atomic mass is 9.81. The van der Waals surface area contributed by atoms with Crippen LogP contribution >= 0.6 is 11.6 Å². The predicted octanol–water partition coefficient (Wildman–Crippen LogP) is 6.53. The summed E-state index contributed by atoms with van der Waals surface area (Å²) < 4.78 is 0. The number of halogens is 1. The molecule has 4 heterocycles. The van der Waals surface area contributed by atoms with Crippen molar-refractivity contribution in [2.75, 3.05) is 32.7 Å². The van der Waals surface area contributed by atoms with E-state index in [1.165, 1.54) is 114 Å². The number of benzene rings is 1. The fourth-order valence-corrected chi connectivity index (χ4v) is 8.87. The maximum Gasteiger partial charge on any atom is 0.113 e. The molecule has 0 spiro atoms. The minimum atomic E-state index is 0.505. The first-order valence-electron chi connectivity index (χ1n) is 17.0. The van der Waals surface area contributed by atoms with E-state index in [1.807, 2.05) is 12.1 Å². The highest BCUT2D eigenvalue weighted by molar-refractivity contribution is 6.31. The molecule has 5 aliphatic rings. The molecule has 4 fully saturated rings. The lowest BCUT2D eigenvalue weighted by Crippen LogP contribution is -2.46. The Kier molecular flexibility index (Phi) is 9.06. The van der Waals surface area contributed by atoms with Gasteiger partial charge in [0.05, 0.1) is 16.3 Å². The zero-order valence-corrected chi connectivity index (χ0v) is 26.3. The molecule has 2 saturated heterocycles. The van der Waals surface area contributed by atoms with Gasteiger partial charge in [0.25, 0.3) is 0 Å². The monoisotopic (exact) mass is 595 g/mol. The van der Waals surface area contributed by atoms with Crippen LogP contribution in [-0.2, 0) is 13.0 Å². The number of hydrogen-bond acceptors (Lipinski definition) is 5. The van der Waals surface area contributed by atoms with Crippen molar-refractivity contribution < 1.29 is 0 Å². The van der Waals surface area contributed by atoms with Crippen LogP contribution in [0.1, 0.15) is 98.2 Å². The minimum Gasteiger partial charge on any atom is -0.317 e. The first-order chi connectivity index (χ1) is 21.1. The van der Waals surface area contributed by atoms with Gasteiger partial charge in [0, 0.05) is 24.5 Å². The number of pyridine rings is 1. The quantitative estimate of drug-likeness (QED) is 0.407. The fourth-order valence-electron chi connectivity index (χ4n) is 8.64. The Bertz CT molecular complexity index is 1380. The zero-order chi connectivity index (χ0) is 29.2. The van der Waals surface area contributed by atoms with Gasteiger partial charge in [-0.05, 0) is 156 Å². The molecule has 2 saturated carbocycles. The van der Waals surface area contributed by atoms with Crippen LogP contribution in [0, 0.1) is 40.9 Å². The highest BCUT2D eigenvalue weighted by Gasteiger charge is 2.45. The van der Waals surface area contributed by atoms with Crippen LogP contribution < -0.4 is 5.32 Å². The second-order valence-corrected chi connectivity index (χ2v) is 14.3. The average molecular weight is 596 g/mol. The Morgan fingerprint density at radius 2 is 1.67 bits per heavy atom. The number of rotatable bonds is 4. The molecular weight excluding hydrogens is 550 g/mol. The molecular formula is C37H46ClN5.